The van der Waals surface area contributed by atoms with Crippen molar-refractivity contribution in [3.05, 3.63) is 64.7 Å². The molecular weight excluding hydrogens is 345 g/mol. The first kappa shape index (κ1) is 18.3. The van der Waals surface area contributed by atoms with Crippen LogP contribution in [-0.4, -0.2) is 28.2 Å². The van der Waals surface area contributed by atoms with Crippen LogP contribution in [0.3, 0.4) is 0 Å². The molecule has 0 aliphatic carbocycles. The molecule has 0 saturated carbocycles. The van der Waals surface area contributed by atoms with Gasteiger partial charge in [0.05, 0.1) is 17.3 Å². The molecule has 2 N–H and O–H groups in total. The number of rotatable bonds is 3. The Morgan fingerprint density at radius 3 is 2.67 bits per heavy atom. The molecule has 0 fully saturated rings. The Balaban J connectivity index is 0.00000208. The second kappa shape index (κ2) is 7.69. The quantitative estimate of drug-likeness (QED) is 0.629. The summed E-state index contributed by atoms with van der Waals surface area (Å²) in [6.07, 6.45) is 0.534. The fourth-order valence-electron chi connectivity index (χ4n) is 2.71. The van der Waals surface area contributed by atoms with E-state index in [1.54, 1.807) is 23.2 Å². The Labute approximate surface area is 152 Å². The first-order valence-electron chi connectivity index (χ1n) is 7.51. The lowest BCUT2D eigenvalue weighted by molar-refractivity contribution is 0.446. The van der Waals surface area contributed by atoms with Gasteiger partial charge in [0.15, 0.2) is 0 Å². The number of hydrogen-bond donors (Lipinski definition) is 2. The van der Waals surface area contributed by atoms with Crippen LogP contribution in [0.1, 0.15) is 18.1 Å². The smallest absolute Gasteiger partial charge is 0.143 e. The van der Waals surface area contributed by atoms with E-state index >= 15 is 0 Å². The summed E-state index contributed by atoms with van der Waals surface area (Å²) < 4.78 is 0. The summed E-state index contributed by atoms with van der Waals surface area (Å²) in [6.45, 7) is 2.67. The number of amidine groups is 1. The van der Waals surface area contributed by atoms with E-state index in [-0.39, 0.29) is 24.1 Å². The highest BCUT2D eigenvalue weighted by molar-refractivity contribution is 6.32. The summed E-state index contributed by atoms with van der Waals surface area (Å²) >= 11 is 5.99. The van der Waals surface area contributed by atoms with Gasteiger partial charge in [0, 0.05) is 17.9 Å². The van der Waals surface area contributed by atoms with E-state index in [0.29, 0.717) is 29.4 Å². The van der Waals surface area contributed by atoms with Crippen molar-refractivity contribution in [2.24, 2.45) is 11.0 Å². The number of halogens is 2. The molecular formula is C18H19Cl2N3O. The monoisotopic (exact) mass is 363 g/mol. The molecule has 6 heteroatoms. The Kier molecular flexibility index (Phi) is 5.86. The third-order valence-electron chi connectivity index (χ3n) is 3.93. The standard InChI is InChI=1S/C18H18ClN3O.ClH/c1-12-11-22(16(20)10-13-6-3-2-4-7-13)21-17(12)14-8-5-9-15(19)18(14)23;/h2-9,12,20,23H,10-11H2,1H3;1H. The number of hydrazone groups is 1. The van der Waals surface area contributed by atoms with E-state index in [2.05, 4.69) is 5.10 Å². The van der Waals surface area contributed by atoms with Crippen molar-refractivity contribution in [2.45, 2.75) is 13.3 Å². The van der Waals surface area contributed by atoms with Crippen LogP contribution in [0.15, 0.2) is 53.6 Å². The maximum Gasteiger partial charge on any atom is 0.143 e. The molecule has 4 nitrogen and oxygen atoms in total. The van der Waals surface area contributed by atoms with Gasteiger partial charge in [-0.1, -0.05) is 54.9 Å². The topological polar surface area (TPSA) is 59.7 Å². The first-order valence-corrected chi connectivity index (χ1v) is 7.89. The summed E-state index contributed by atoms with van der Waals surface area (Å²) in [5, 5.41) is 25.0. The van der Waals surface area contributed by atoms with Crippen LogP contribution in [0.4, 0.5) is 0 Å². The molecule has 2 aromatic rings. The van der Waals surface area contributed by atoms with Crippen molar-refractivity contribution < 1.29 is 5.11 Å². The zero-order valence-electron chi connectivity index (χ0n) is 13.2. The van der Waals surface area contributed by atoms with Crippen LogP contribution >= 0.6 is 24.0 Å². The highest BCUT2D eigenvalue weighted by Gasteiger charge is 2.28. The van der Waals surface area contributed by atoms with Gasteiger partial charge in [-0.05, 0) is 17.7 Å². The van der Waals surface area contributed by atoms with Gasteiger partial charge in [-0.2, -0.15) is 5.10 Å². The number of hydrogen-bond acceptors (Lipinski definition) is 3. The minimum absolute atomic E-state index is 0. The zero-order valence-corrected chi connectivity index (χ0v) is 14.8. The molecule has 1 aliphatic rings. The Hall–Kier alpha value is -2.04. The molecule has 0 radical (unpaired) electrons. The van der Waals surface area contributed by atoms with Gasteiger partial charge in [-0.15, -0.1) is 12.4 Å². The minimum Gasteiger partial charge on any atom is -0.506 e. The predicted molar refractivity (Wildman–Crippen MR) is 101 cm³/mol. The van der Waals surface area contributed by atoms with Crippen molar-refractivity contribution in [3.63, 3.8) is 0 Å². The van der Waals surface area contributed by atoms with Crippen LogP contribution < -0.4 is 0 Å². The molecule has 0 amide bonds. The maximum absolute atomic E-state index is 10.2. The number of phenols is 1. The van der Waals surface area contributed by atoms with E-state index in [0.717, 1.165) is 11.3 Å². The van der Waals surface area contributed by atoms with E-state index < -0.39 is 0 Å². The molecule has 1 aliphatic heterocycles. The first-order chi connectivity index (χ1) is 11.1. The zero-order chi connectivity index (χ0) is 16.4. The summed E-state index contributed by atoms with van der Waals surface area (Å²) in [5.41, 5.74) is 2.49. The number of para-hydroxylation sites is 1. The molecule has 2 aromatic carbocycles. The molecule has 0 bridgehead atoms. The van der Waals surface area contributed by atoms with E-state index in [1.807, 2.05) is 37.3 Å². The van der Waals surface area contributed by atoms with Gasteiger partial charge in [-0.25, -0.2) is 0 Å². The van der Waals surface area contributed by atoms with E-state index in [1.165, 1.54) is 0 Å². The van der Waals surface area contributed by atoms with Crippen molar-refractivity contribution in [1.29, 1.82) is 5.41 Å². The minimum atomic E-state index is 0. The molecule has 3 rings (SSSR count). The number of benzene rings is 2. The molecule has 1 heterocycles. The van der Waals surface area contributed by atoms with Crippen molar-refractivity contribution in [3.8, 4) is 5.75 Å². The SMILES string of the molecule is CC1CN(C(=N)Cc2ccccc2)N=C1c1cccc(Cl)c1O.Cl. The fraction of sp³-hybridized carbons (Fsp3) is 0.222. The lowest BCUT2D eigenvalue weighted by atomic mass is 9.98. The van der Waals surface area contributed by atoms with Crippen LogP contribution in [0.2, 0.25) is 5.02 Å². The summed E-state index contributed by atoms with van der Waals surface area (Å²) in [7, 11) is 0. The highest BCUT2D eigenvalue weighted by Crippen LogP contribution is 2.31. The summed E-state index contributed by atoms with van der Waals surface area (Å²) in [6, 6.07) is 15.1. The highest BCUT2D eigenvalue weighted by atomic mass is 35.5. The van der Waals surface area contributed by atoms with E-state index in [9.17, 15) is 5.11 Å². The van der Waals surface area contributed by atoms with Gasteiger partial charge in [0.2, 0.25) is 0 Å². The Morgan fingerprint density at radius 2 is 1.96 bits per heavy atom. The Bertz CT molecular complexity index is 762. The lowest BCUT2D eigenvalue weighted by Crippen LogP contribution is -2.26. The van der Waals surface area contributed by atoms with Crippen molar-refractivity contribution in [1.82, 2.24) is 5.01 Å². The summed E-state index contributed by atoms with van der Waals surface area (Å²) in [4.78, 5) is 0. The third kappa shape index (κ3) is 3.71. The molecule has 1 unspecified atom stereocenters. The number of nitrogens with one attached hydrogen (secondary N) is 1. The molecule has 24 heavy (non-hydrogen) atoms. The average Bonchev–Trinajstić information content (AvgIpc) is 2.93. The molecule has 126 valence electrons. The number of aromatic hydroxyl groups is 1. The van der Waals surface area contributed by atoms with Gasteiger partial charge >= 0.3 is 0 Å². The molecule has 0 saturated heterocycles. The lowest BCUT2D eigenvalue weighted by Gasteiger charge is -2.15. The predicted octanol–water partition coefficient (Wildman–Crippen LogP) is 4.34. The van der Waals surface area contributed by atoms with Crippen LogP contribution in [-0.2, 0) is 6.42 Å². The van der Waals surface area contributed by atoms with Crippen molar-refractivity contribution in [2.75, 3.05) is 6.54 Å². The van der Waals surface area contributed by atoms with Gasteiger partial charge in [-0.3, -0.25) is 10.4 Å². The van der Waals surface area contributed by atoms with Gasteiger partial charge in [0.25, 0.3) is 0 Å². The van der Waals surface area contributed by atoms with E-state index in [4.69, 9.17) is 17.0 Å². The second-order valence-corrected chi connectivity index (χ2v) is 6.12. The third-order valence-corrected chi connectivity index (χ3v) is 4.24. The number of nitrogens with zero attached hydrogens (tertiary/aromatic N) is 2. The van der Waals surface area contributed by atoms with Crippen molar-refractivity contribution >= 4 is 35.6 Å². The van der Waals surface area contributed by atoms with Crippen LogP contribution in [0.5, 0.6) is 5.75 Å². The molecule has 0 aromatic heterocycles. The normalized spacial score (nSPS) is 16.5. The van der Waals surface area contributed by atoms with Gasteiger partial charge in [0.1, 0.15) is 11.6 Å². The average molecular weight is 364 g/mol. The van der Waals surface area contributed by atoms with Crippen LogP contribution in [0.25, 0.3) is 0 Å². The second-order valence-electron chi connectivity index (χ2n) is 5.71. The van der Waals surface area contributed by atoms with Crippen LogP contribution in [0, 0.1) is 11.3 Å². The molecule has 0 spiro atoms. The number of phenolic OH excluding ortho intramolecular Hbond substituents is 1. The largest absolute Gasteiger partial charge is 0.506 e. The fourth-order valence-corrected chi connectivity index (χ4v) is 2.88. The summed E-state index contributed by atoms with van der Waals surface area (Å²) in [5.74, 6) is 0.617. The van der Waals surface area contributed by atoms with Gasteiger partial charge < -0.3 is 5.11 Å². The maximum atomic E-state index is 10.2. The molecule has 1 atom stereocenters. The Morgan fingerprint density at radius 1 is 1.25 bits per heavy atom.